The minimum Gasteiger partial charge on any atom is -0.493 e. The van der Waals surface area contributed by atoms with Crippen molar-refractivity contribution in [2.45, 2.75) is 31.7 Å². The van der Waals surface area contributed by atoms with Crippen LogP contribution < -0.4 is 15.8 Å². The molecule has 1 aromatic carbocycles. The summed E-state index contributed by atoms with van der Waals surface area (Å²) in [4.78, 5) is 12.3. The molecule has 102 valence electrons. The SMILES string of the molecule is NCC1CCCC1NC(=O)c1ccc2c(c1)CCO2. The third-order valence-corrected chi connectivity index (χ3v) is 4.23. The second-order valence-electron chi connectivity index (χ2n) is 5.43. The summed E-state index contributed by atoms with van der Waals surface area (Å²) in [5.74, 6) is 1.36. The number of hydrogen-bond acceptors (Lipinski definition) is 3. The molecule has 1 aliphatic heterocycles. The van der Waals surface area contributed by atoms with Crippen molar-refractivity contribution in [1.82, 2.24) is 5.32 Å². The van der Waals surface area contributed by atoms with Crippen LogP contribution in [0, 0.1) is 5.92 Å². The van der Waals surface area contributed by atoms with Crippen LogP contribution in [0.3, 0.4) is 0 Å². The van der Waals surface area contributed by atoms with Gasteiger partial charge >= 0.3 is 0 Å². The van der Waals surface area contributed by atoms with Crippen molar-refractivity contribution in [2.24, 2.45) is 11.7 Å². The zero-order valence-corrected chi connectivity index (χ0v) is 11.0. The maximum atomic E-state index is 12.3. The monoisotopic (exact) mass is 260 g/mol. The predicted molar refractivity (Wildman–Crippen MR) is 73.3 cm³/mol. The first-order valence-electron chi connectivity index (χ1n) is 7.04. The van der Waals surface area contributed by atoms with E-state index in [9.17, 15) is 4.79 Å². The van der Waals surface area contributed by atoms with Gasteiger partial charge in [0.25, 0.3) is 5.91 Å². The van der Waals surface area contributed by atoms with Crippen molar-refractivity contribution < 1.29 is 9.53 Å². The Balaban J connectivity index is 1.70. The van der Waals surface area contributed by atoms with Gasteiger partial charge in [-0.1, -0.05) is 6.42 Å². The summed E-state index contributed by atoms with van der Waals surface area (Å²) in [6.45, 7) is 1.38. The minimum atomic E-state index is 0.0139. The fraction of sp³-hybridized carbons (Fsp3) is 0.533. The van der Waals surface area contributed by atoms with Crippen LogP contribution in [-0.4, -0.2) is 25.1 Å². The molecule has 2 atom stereocenters. The number of ether oxygens (including phenoxy) is 1. The van der Waals surface area contributed by atoms with E-state index in [1.807, 2.05) is 18.2 Å². The highest BCUT2D eigenvalue weighted by molar-refractivity contribution is 5.94. The molecule has 0 aromatic heterocycles. The van der Waals surface area contributed by atoms with E-state index in [2.05, 4.69) is 5.32 Å². The van der Waals surface area contributed by atoms with E-state index in [1.54, 1.807) is 0 Å². The van der Waals surface area contributed by atoms with Crippen LogP contribution in [0.2, 0.25) is 0 Å². The van der Waals surface area contributed by atoms with Gasteiger partial charge in [-0.05, 0) is 49.1 Å². The van der Waals surface area contributed by atoms with Crippen molar-refractivity contribution in [3.8, 4) is 5.75 Å². The fourth-order valence-corrected chi connectivity index (χ4v) is 3.09. The molecule has 3 rings (SSSR count). The molecule has 4 nitrogen and oxygen atoms in total. The third kappa shape index (κ3) is 2.45. The molecule has 0 saturated heterocycles. The molecule has 2 aliphatic rings. The largest absolute Gasteiger partial charge is 0.493 e. The maximum Gasteiger partial charge on any atom is 0.251 e. The molecule has 1 amide bonds. The predicted octanol–water partition coefficient (Wildman–Crippen LogP) is 1.48. The van der Waals surface area contributed by atoms with Crippen LogP contribution in [0.5, 0.6) is 5.75 Å². The Bertz CT molecular complexity index is 487. The van der Waals surface area contributed by atoms with Gasteiger partial charge in [0.15, 0.2) is 0 Å². The highest BCUT2D eigenvalue weighted by Gasteiger charge is 2.27. The number of carbonyl (C=O) groups is 1. The van der Waals surface area contributed by atoms with E-state index in [0.29, 0.717) is 12.5 Å². The molecule has 1 saturated carbocycles. The Morgan fingerprint density at radius 3 is 3.16 bits per heavy atom. The highest BCUT2D eigenvalue weighted by atomic mass is 16.5. The van der Waals surface area contributed by atoms with Crippen LogP contribution in [0.25, 0.3) is 0 Å². The Morgan fingerprint density at radius 1 is 1.42 bits per heavy atom. The molecule has 1 aromatic rings. The Morgan fingerprint density at radius 2 is 2.32 bits per heavy atom. The van der Waals surface area contributed by atoms with Crippen LogP contribution in [0.4, 0.5) is 0 Å². The summed E-state index contributed by atoms with van der Waals surface area (Å²) in [6.07, 6.45) is 4.22. The smallest absolute Gasteiger partial charge is 0.251 e. The molecule has 19 heavy (non-hydrogen) atoms. The summed E-state index contributed by atoms with van der Waals surface area (Å²) in [5.41, 5.74) is 7.61. The second kappa shape index (κ2) is 5.21. The molecule has 0 radical (unpaired) electrons. The van der Waals surface area contributed by atoms with E-state index in [1.165, 1.54) is 0 Å². The van der Waals surface area contributed by atoms with Gasteiger partial charge in [0, 0.05) is 18.0 Å². The molecule has 4 heteroatoms. The van der Waals surface area contributed by atoms with Gasteiger partial charge in [0.1, 0.15) is 5.75 Å². The van der Waals surface area contributed by atoms with Gasteiger partial charge in [-0.2, -0.15) is 0 Å². The molecule has 1 heterocycles. The summed E-state index contributed by atoms with van der Waals surface area (Å²) in [6, 6.07) is 5.92. The van der Waals surface area contributed by atoms with Crippen LogP contribution >= 0.6 is 0 Å². The van der Waals surface area contributed by atoms with E-state index in [-0.39, 0.29) is 11.9 Å². The highest BCUT2D eigenvalue weighted by Crippen LogP contribution is 2.27. The van der Waals surface area contributed by atoms with Gasteiger partial charge in [0.2, 0.25) is 0 Å². The van der Waals surface area contributed by atoms with Gasteiger partial charge in [-0.3, -0.25) is 4.79 Å². The zero-order chi connectivity index (χ0) is 13.2. The summed E-state index contributed by atoms with van der Waals surface area (Å²) < 4.78 is 5.45. The number of fused-ring (bicyclic) bond motifs is 1. The molecule has 0 spiro atoms. The summed E-state index contributed by atoms with van der Waals surface area (Å²) >= 11 is 0. The first kappa shape index (κ1) is 12.5. The van der Waals surface area contributed by atoms with Gasteiger partial charge in [0.05, 0.1) is 6.61 Å². The first-order chi connectivity index (χ1) is 9.28. The molecule has 1 aliphatic carbocycles. The van der Waals surface area contributed by atoms with E-state index < -0.39 is 0 Å². The Labute approximate surface area is 113 Å². The van der Waals surface area contributed by atoms with Crippen LogP contribution in [0.15, 0.2) is 18.2 Å². The number of nitrogens with two attached hydrogens (primary N) is 1. The number of hydrogen-bond donors (Lipinski definition) is 2. The van der Waals surface area contributed by atoms with E-state index in [0.717, 1.165) is 49.2 Å². The van der Waals surface area contributed by atoms with Crippen molar-refractivity contribution in [3.05, 3.63) is 29.3 Å². The molecular formula is C15H20N2O2. The van der Waals surface area contributed by atoms with Crippen molar-refractivity contribution >= 4 is 5.91 Å². The molecule has 1 fully saturated rings. The molecule has 2 unspecified atom stereocenters. The average molecular weight is 260 g/mol. The topological polar surface area (TPSA) is 64.3 Å². The lowest BCUT2D eigenvalue weighted by atomic mass is 10.0. The molecule has 3 N–H and O–H groups in total. The number of amides is 1. The van der Waals surface area contributed by atoms with Gasteiger partial charge in [-0.15, -0.1) is 0 Å². The standard InChI is InChI=1S/C15H20N2O2/c16-9-12-2-1-3-13(12)17-15(18)11-4-5-14-10(8-11)6-7-19-14/h4-5,8,12-13H,1-3,6-7,9,16H2,(H,17,18). The maximum absolute atomic E-state index is 12.3. The normalized spacial score (nSPS) is 24.9. The number of nitrogens with one attached hydrogen (secondary N) is 1. The fourth-order valence-electron chi connectivity index (χ4n) is 3.09. The van der Waals surface area contributed by atoms with Gasteiger partial charge in [-0.25, -0.2) is 0 Å². The summed E-state index contributed by atoms with van der Waals surface area (Å²) in [5, 5.41) is 3.13. The quantitative estimate of drug-likeness (QED) is 0.865. The van der Waals surface area contributed by atoms with Crippen molar-refractivity contribution in [2.75, 3.05) is 13.2 Å². The minimum absolute atomic E-state index is 0.0139. The molecule has 0 bridgehead atoms. The number of carbonyl (C=O) groups excluding carboxylic acids is 1. The zero-order valence-electron chi connectivity index (χ0n) is 11.0. The van der Waals surface area contributed by atoms with E-state index >= 15 is 0 Å². The second-order valence-corrected chi connectivity index (χ2v) is 5.43. The lowest BCUT2D eigenvalue weighted by Crippen LogP contribution is -2.39. The van der Waals surface area contributed by atoms with Crippen LogP contribution in [0.1, 0.15) is 35.2 Å². The van der Waals surface area contributed by atoms with Crippen molar-refractivity contribution in [1.29, 1.82) is 0 Å². The van der Waals surface area contributed by atoms with Gasteiger partial charge < -0.3 is 15.8 Å². The Kier molecular flexibility index (Phi) is 3.42. The van der Waals surface area contributed by atoms with Crippen molar-refractivity contribution in [3.63, 3.8) is 0 Å². The number of rotatable bonds is 3. The van der Waals surface area contributed by atoms with Crippen LogP contribution in [-0.2, 0) is 6.42 Å². The molecular weight excluding hydrogens is 240 g/mol. The lowest BCUT2D eigenvalue weighted by molar-refractivity contribution is 0.0928. The summed E-state index contributed by atoms with van der Waals surface area (Å²) in [7, 11) is 0. The average Bonchev–Trinajstić information content (AvgIpc) is 3.05. The number of benzene rings is 1. The Hall–Kier alpha value is -1.55. The van der Waals surface area contributed by atoms with E-state index in [4.69, 9.17) is 10.5 Å². The lowest BCUT2D eigenvalue weighted by Gasteiger charge is -2.19. The third-order valence-electron chi connectivity index (χ3n) is 4.23. The first-order valence-corrected chi connectivity index (χ1v) is 7.04.